The van der Waals surface area contributed by atoms with Crippen LogP contribution in [0.2, 0.25) is 0 Å². The Bertz CT molecular complexity index is 332. The Kier molecular flexibility index (Phi) is 5.52. The minimum absolute atomic E-state index is 0.676. The van der Waals surface area contributed by atoms with Gasteiger partial charge in [-0.1, -0.05) is 32.1 Å². The van der Waals surface area contributed by atoms with Crippen molar-refractivity contribution < 1.29 is 4.74 Å². The molecule has 0 saturated heterocycles. The SMILES string of the molecule is NCCCOc1cnn(CCC2CCCCC2)c1. The van der Waals surface area contributed by atoms with Crippen LogP contribution in [0.4, 0.5) is 0 Å². The van der Waals surface area contributed by atoms with Crippen molar-refractivity contribution in [3.05, 3.63) is 12.4 Å². The van der Waals surface area contributed by atoms with Crippen LogP contribution in [0.25, 0.3) is 0 Å². The topological polar surface area (TPSA) is 53.1 Å². The van der Waals surface area contributed by atoms with E-state index in [4.69, 9.17) is 10.5 Å². The lowest BCUT2D eigenvalue weighted by Crippen LogP contribution is -2.10. The van der Waals surface area contributed by atoms with Crippen LogP contribution in [0, 0.1) is 5.92 Å². The molecule has 0 bridgehead atoms. The Hall–Kier alpha value is -1.03. The zero-order valence-electron chi connectivity index (χ0n) is 11.2. The molecule has 0 aromatic carbocycles. The van der Waals surface area contributed by atoms with E-state index >= 15 is 0 Å². The van der Waals surface area contributed by atoms with Gasteiger partial charge in [0.2, 0.25) is 0 Å². The van der Waals surface area contributed by atoms with Crippen LogP contribution in [0.5, 0.6) is 5.75 Å². The summed E-state index contributed by atoms with van der Waals surface area (Å²) in [6.07, 6.45) is 13.0. The molecular formula is C14H25N3O. The van der Waals surface area contributed by atoms with E-state index in [1.54, 1.807) is 6.20 Å². The van der Waals surface area contributed by atoms with Gasteiger partial charge >= 0.3 is 0 Å². The average molecular weight is 251 g/mol. The summed E-state index contributed by atoms with van der Waals surface area (Å²) in [5.41, 5.74) is 5.43. The van der Waals surface area contributed by atoms with Crippen molar-refractivity contribution in [3.63, 3.8) is 0 Å². The Morgan fingerprint density at radius 1 is 1.33 bits per heavy atom. The van der Waals surface area contributed by atoms with Gasteiger partial charge in [-0.2, -0.15) is 5.10 Å². The molecular weight excluding hydrogens is 226 g/mol. The van der Waals surface area contributed by atoms with Gasteiger partial charge in [-0.3, -0.25) is 4.68 Å². The van der Waals surface area contributed by atoms with Gasteiger partial charge < -0.3 is 10.5 Å². The number of rotatable bonds is 7. The van der Waals surface area contributed by atoms with Crippen LogP contribution in [-0.2, 0) is 6.54 Å². The third-order valence-corrected chi connectivity index (χ3v) is 3.72. The fourth-order valence-electron chi connectivity index (χ4n) is 2.61. The maximum absolute atomic E-state index is 5.56. The van der Waals surface area contributed by atoms with Crippen molar-refractivity contribution in [2.45, 2.75) is 51.5 Å². The van der Waals surface area contributed by atoms with Crippen LogP contribution < -0.4 is 10.5 Å². The summed E-state index contributed by atoms with van der Waals surface area (Å²) in [7, 11) is 0. The fraction of sp³-hybridized carbons (Fsp3) is 0.786. The lowest BCUT2D eigenvalue weighted by Gasteiger charge is -2.21. The molecule has 1 saturated carbocycles. The van der Waals surface area contributed by atoms with Crippen LogP contribution in [0.15, 0.2) is 12.4 Å². The normalized spacial score (nSPS) is 16.9. The number of aromatic nitrogens is 2. The van der Waals surface area contributed by atoms with Gasteiger partial charge in [0.05, 0.1) is 19.0 Å². The molecule has 102 valence electrons. The van der Waals surface area contributed by atoms with Crippen molar-refractivity contribution in [3.8, 4) is 5.75 Å². The number of aryl methyl sites for hydroxylation is 1. The van der Waals surface area contributed by atoms with E-state index in [2.05, 4.69) is 5.10 Å². The standard InChI is InChI=1S/C14H25N3O/c15-8-4-10-18-14-11-16-17(12-14)9-7-13-5-2-1-3-6-13/h11-13H,1-10,15H2. The van der Waals surface area contributed by atoms with Crippen LogP contribution in [-0.4, -0.2) is 22.9 Å². The summed E-state index contributed by atoms with van der Waals surface area (Å²) in [6, 6.07) is 0. The first-order chi connectivity index (χ1) is 8.88. The number of hydrogen-bond donors (Lipinski definition) is 1. The van der Waals surface area contributed by atoms with E-state index in [1.165, 1.54) is 38.5 Å². The van der Waals surface area contributed by atoms with E-state index in [-0.39, 0.29) is 0 Å². The molecule has 2 rings (SSSR count). The molecule has 1 aliphatic carbocycles. The second kappa shape index (κ2) is 7.41. The van der Waals surface area contributed by atoms with Crippen molar-refractivity contribution in [2.75, 3.05) is 13.2 Å². The number of ether oxygens (including phenoxy) is 1. The summed E-state index contributed by atoms with van der Waals surface area (Å²) in [5, 5.41) is 4.34. The first-order valence-electron chi connectivity index (χ1n) is 7.24. The molecule has 1 aliphatic rings. The lowest BCUT2D eigenvalue weighted by molar-refractivity contribution is 0.309. The molecule has 0 amide bonds. The Morgan fingerprint density at radius 2 is 2.17 bits per heavy atom. The second-order valence-electron chi connectivity index (χ2n) is 5.22. The van der Waals surface area contributed by atoms with E-state index in [1.807, 2.05) is 10.9 Å². The summed E-state index contributed by atoms with van der Waals surface area (Å²) >= 11 is 0. The molecule has 1 aromatic heterocycles. The van der Waals surface area contributed by atoms with Crippen molar-refractivity contribution in [2.24, 2.45) is 11.7 Å². The van der Waals surface area contributed by atoms with E-state index in [0.29, 0.717) is 13.2 Å². The first-order valence-corrected chi connectivity index (χ1v) is 7.24. The summed E-state index contributed by atoms with van der Waals surface area (Å²) in [4.78, 5) is 0. The minimum atomic E-state index is 0.676. The summed E-state index contributed by atoms with van der Waals surface area (Å²) in [5.74, 6) is 1.77. The fourth-order valence-corrected chi connectivity index (χ4v) is 2.61. The van der Waals surface area contributed by atoms with E-state index < -0.39 is 0 Å². The molecule has 1 aromatic rings. The molecule has 0 radical (unpaired) electrons. The number of nitrogens with two attached hydrogens (primary N) is 1. The molecule has 18 heavy (non-hydrogen) atoms. The quantitative estimate of drug-likeness (QED) is 0.758. The predicted molar refractivity (Wildman–Crippen MR) is 72.6 cm³/mol. The molecule has 0 unspecified atom stereocenters. The Morgan fingerprint density at radius 3 is 2.94 bits per heavy atom. The maximum Gasteiger partial charge on any atom is 0.157 e. The smallest absolute Gasteiger partial charge is 0.157 e. The van der Waals surface area contributed by atoms with Gasteiger partial charge in [-0.05, 0) is 25.3 Å². The van der Waals surface area contributed by atoms with Gasteiger partial charge in [0, 0.05) is 6.54 Å². The average Bonchev–Trinajstić information content (AvgIpc) is 2.86. The first kappa shape index (κ1) is 13.4. The van der Waals surface area contributed by atoms with Crippen LogP contribution >= 0.6 is 0 Å². The van der Waals surface area contributed by atoms with Gasteiger partial charge in [0.25, 0.3) is 0 Å². The largest absolute Gasteiger partial charge is 0.490 e. The molecule has 0 spiro atoms. The highest BCUT2D eigenvalue weighted by Gasteiger charge is 2.13. The van der Waals surface area contributed by atoms with Gasteiger partial charge in [-0.25, -0.2) is 0 Å². The highest BCUT2D eigenvalue weighted by molar-refractivity contribution is 5.11. The van der Waals surface area contributed by atoms with Crippen molar-refractivity contribution in [1.29, 1.82) is 0 Å². The highest BCUT2D eigenvalue weighted by Crippen LogP contribution is 2.26. The van der Waals surface area contributed by atoms with Gasteiger partial charge in [-0.15, -0.1) is 0 Å². The summed E-state index contributed by atoms with van der Waals surface area (Å²) < 4.78 is 7.56. The van der Waals surface area contributed by atoms with Crippen LogP contribution in [0.3, 0.4) is 0 Å². The van der Waals surface area contributed by atoms with Gasteiger partial charge in [0.15, 0.2) is 5.75 Å². The molecule has 0 atom stereocenters. The predicted octanol–water partition coefficient (Wildman–Crippen LogP) is 2.58. The zero-order valence-corrected chi connectivity index (χ0v) is 11.2. The second-order valence-corrected chi connectivity index (χ2v) is 5.22. The molecule has 2 N–H and O–H groups in total. The van der Waals surface area contributed by atoms with E-state index in [9.17, 15) is 0 Å². The minimum Gasteiger partial charge on any atom is -0.490 e. The molecule has 1 fully saturated rings. The van der Waals surface area contributed by atoms with Gasteiger partial charge in [0.1, 0.15) is 0 Å². The Labute approximate surface area is 110 Å². The number of hydrogen-bond acceptors (Lipinski definition) is 3. The molecule has 4 nitrogen and oxygen atoms in total. The number of nitrogens with zero attached hydrogens (tertiary/aromatic N) is 2. The molecule has 4 heteroatoms. The lowest BCUT2D eigenvalue weighted by atomic mass is 9.87. The van der Waals surface area contributed by atoms with Crippen LogP contribution in [0.1, 0.15) is 44.9 Å². The maximum atomic E-state index is 5.56. The summed E-state index contributed by atoms with van der Waals surface area (Å²) in [6.45, 7) is 2.38. The molecule has 1 heterocycles. The van der Waals surface area contributed by atoms with E-state index in [0.717, 1.165) is 24.6 Å². The monoisotopic (exact) mass is 251 g/mol. The Balaban J connectivity index is 1.69. The zero-order chi connectivity index (χ0) is 12.6. The van der Waals surface area contributed by atoms with Crippen molar-refractivity contribution >= 4 is 0 Å². The third kappa shape index (κ3) is 4.33. The molecule has 0 aliphatic heterocycles. The highest BCUT2D eigenvalue weighted by atomic mass is 16.5. The van der Waals surface area contributed by atoms with Crippen molar-refractivity contribution in [1.82, 2.24) is 9.78 Å². The third-order valence-electron chi connectivity index (χ3n) is 3.72.